The van der Waals surface area contributed by atoms with Gasteiger partial charge in [-0.25, -0.2) is 4.98 Å². The number of hydrogen-bond donors (Lipinski definition) is 2. The average Bonchev–Trinajstić information content (AvgIpc) is 2.67. The van der Waals surface area contributed by atoms with Crippen LogP contribution in [0.15, 0.2) is 12.1 Å². The molecule has 0 aromatic carbocycles. The number of anilines is 1. The molecule has 4 heteroatoms. The summed E-state index contributed by atoms with van der Waals surface area (Å²) in [5, 5.41) is 12.6. The van der Waals surface area contributed by atoms with Crippen LogP contribution in [0.2, 0.25) is 0 Å². The van der Waals surface area contributed by atoms with Gasteiger partial charge in [0, 0.05) is 25.2 Å². The summed E-state index contributed by atoms with van der Waals surface area (Å²) in [6.45, 7) is 4.30. The summed E-state index contributed by atoms with van der Waals surface area (Å²) in [5.41, 5.74) is 2.09. The molecule has 3 heterocycles. The SMILES string of the molecule is C[C@@H]1CNC[C@H]2Cc3ccc(CO)nc3N21. The molecule has 2 aliphatic rings. The standard InChI is InChI=1S/C12H17N3O/c1-8-5-13-6-11-4-9-2-3-10(7-16)14-12(9)15(8)11/h2-3,8,11,13,16H,4-7H2,1H3/t8-,11-/m1/s1. The quantitative estimate of drug-likeness (QED) is 0.713. The highest BCUT2D eigenvalue weighted by molar-refractivity contribution is 5.56. The first kappa shape index (κ1) is 10.1. The van der Waals surface area contributed by atoms with Gasteiger partial charge in [0.1, 0.15) is 5.82 Å². The molecule has 0 unspecified atom stereocenters. The molecule has 16 heavy (non-hydrogen) atoms. The molecule has 2 atom stereocenters. The fourth-order valence-electron chi connectivity index (χ4n) is 2.81. The van der Waals surface area contributed by atoms with E-state index in [1.807, 2.05) is 6.07 Å². The molecule has 4 nitrogen and oxygen atoms in total. The first-order valence-electron chi connectivity index (χ1n) is 5.88. The van der Waals surface area contributed by atoms with Crippen LogP contribution in [0.25, 0.3) is 0 Å². The van der Waals surface area contributed by atoms with Crippen molar-refractivity contribution in [2.45, 2.75) is 32.0 Å². The maximum absolute atomic E-state index is 9.14. The molecule has 0 radical (unpaired) electrons. The third-order valence-corrected chi connectivity index (χ3v) is 3.56. The van der Waals surface area contributed by atoms with Crippen molar-refractivity contribution in [2.24, 2.45) is 0 Å². The van der Waals surface area contributed by atoms with Crippen molar-refractivity contribution < 1.29 is 5.11 Å². The van der Waals surface area contributed by atoms with Crippen molar-refractivity contribution in [3.8, 4) is 0 Å². The van der Waals surface area contributed by atoms with Gasteiger partial charge in [0.05, 0.1) is 12.3 Å². The predicted molar refractivity (Wildman–Crippen MR) is 62.5 cm³/mol. The van der Waals surface area contributed by atoms with Gasteiger partial charge in [0.25, 0.3) is 0 Å². The summed E-state index contributed by atoms with van der Waals surface area (Å²) < 4.78 is 0. The fraction of sp³-hybridized carbons (Fsp3) is 0.583. The molecular formula is C12H17N3O. The van der Waals surface area contributed by atoms with Crippen LogP contribution in [0.5, 0.6) is 0 Å². The van der Waals surface area contributed by atoms with Crippen molar-refractivity contribution in [1.82, 2.24) is 10.3 Å². The van der Waals surface area contributed by atoms with Gasteiger partial charge in [-0.15, -0.1) is 0 Å². The van der Waals surface area contributed by atoms with E-state index in [4.69, 9.17) is 5.11 Å². The van der Waals surface area contributed by atoms with Crippen molar-refractivity contribution in [3.63, 3.8) is 0 Å². The van der Waals surface area contributed by atoms with Gasteiger partial charge in [-0.3, -0.25) is 0 Å². The van der Waals surface area contributed by atoms with Crippen LogP contribution >= 0.6 is 0 Å². The lowest BCUT2D eigenvalue weighted by atomic mass is 10.1. The highest BCUT2D eigenvalue weighted by Crippen LogP contribution is 2.33. The van der Waals surface area contributed by atoms with Gasteiger partial charge in [-0.05, 0) is 25.0 Å². The Bertz CT molecular complexity index is 407. The summed E-state index contributed by atoms with van der Waals surface area (Å²) in [5.74, 6) is 1.09. The maximum atomic E-state index is 9.14. The lowest BCUT2D eigenvalue weighted by Crippen LogP contribution is -2.55. The Morgan fingerprint density at radius 3 is 3.19 bits per heavy atom. The minimum atomic E-state index is 0.0262. The smallest absolute Gasteiger partial charge is 0.132 e. The van der Waals surface area contributed by atoms with E-state index in [0.29, 0.717) is 12.1 Å². The zero-order chi connectivity index (χ0) is 11.1. The fourth-order valence-corrected chi connectivity index (χ4v) is 2.81. The number of piperazine rings is 1. The Morgan fingerprint density at radius 1 is 1.50 bits per heavy atom. The van der Waals surface area contributed by atoms with Crippen LogP contribution in [0.1, 0.15) is 18.2 Å². The second kappa shape index (κ2) is 3.71. The van der Waals surface area contributed by atoms with Gasteiger partial charge in [0.15, 0.2) is 0 Å². The summed E-state index contributed by atoms with van der Waals surface area (Å²) in [4.78, 5) is 6.96. The van der Waals surface area contributed by atoms with E-state index in [0.717, 1.165) is 31.0 Å². The van der Waals surface area contributed by atoms with E-state index >= 15 is 0 Å². The van der Waals surface area contributed by atoms with E-state index < -0.39 is 0 Å². The number of hydrogen-bond acceptors (Lipinski definition) is 4. The van der Waals surface area contributed by atoms with E-state index in [-0.39, 0.29) is 6.61 Å². The minimum Gasteiger partial charge on any atom is -0.390 e. The number of nitrogens with one attached hydrogen (secondary N) is 1. The molecule has 0 spiro atoms. The lowest BCUT2D eigenvalue weighted by molar-refractivity contribution is 0.277. The van der Waals surface area contributed by atoms with E-state index in [1.165, 1.54) is 5.56 Å². The highest BCUT2D eigenvalue weighted by Gasteiger charge is 2.36. The van der Waals surface area contributed by atoms with Crippen LogP contribution in [0.3, 0.4) is 0 Å². The molecule has 1 aromatic heterocycles. The normalized spacial score (nSPS) is 27.8. The van der Waals surface area contributed by atoms with Crippen molar-refractivity contribution in [3.05, 3.63) is 23.4 Å². The number of aromatic nitrogens is 1. The van der Waals surface area contributed by atoms with E-state index in [1.54, 1.807) is 0 Å². The van der Waals surface area contributed by atoms with E-state index in [2.05, 4.69) is 28.2 Å². The summed E-state index contributed by atoms with van der Waals surface area (Å²) in [6, 6.07) is 5.07. The number of aliphatic hydroxyl groups excluding tert-OH is 1. The van der Waals surface area contributed by atoms with Crippen LogP contribution < -0.4 is 10.2 Å². The Labute approximate surface area is 95.3 Å². The molecular weight excluding hydrogens is 202 g/mol. The van der Waals surface area contributed by atoms with Gasteiger partial charge in [0.2, 0.25) is 0 Å². The summed E-state index contributed by atoms with van der Waals surface area (Å²) in [6.07, 6.45) is 1.07. The second-order valence-corrected chi connectivity index (χ2v) is 4.72. The number of rotatable bonds is 1. The molecule has 0 saturated carbocycles. The molecule has 0 bridgehead atoms. The van der Waals surface area contributed by atoms with E-state index in [9.17, 15) is 0 Å². The third kappa shape index (κ3) is 1.41. The maximum Gasteiger partial charge on any atom is 0.132 e. The summed E-state index contributed by atoms with van der Waals surface area (Å²) in [7, 11) is 0. The first-order valence-corrected chi connectivity index (χ1v) is 5.88. The average molecular weight is 219 g/mol. The highest BCUT2D eigenvalue weighted by atomic mass is 16.3. The molecule has 0 aliphatic carbocycles. The third-order valence-electron chi connectivity index (χ3n) is 3.56. The predicted octanol–water partition coefficient (Wildman–Crippen LogP) is 0.297. The van der Waals surface area contributed by atoms with Crippen LogP contribution in [0.4, 0.5) is 5.82 Å². The molecule has 86 valence electrons. The largest absolute Gasteiger partial charge is 0.390 e. The number of nitrogens with zero attached hydrogens (tertiary/aromatic N) is 2. The Balaban J connectivity index is 2.01. The monoisotopic (exact) mass is 219 g/mol. The number of aliphatic hydroxyl groups is 1. The summed E-state index contributed by atoms with van der Waals surface area (Å²) >= 11 is 0. The number of pyridine rings is 1. The molecule has 2 N–H and O–H groups in total. The van der Waals surface area contributed by atoms with Crippen molar-refractivity contribution in [1.29, 1.82) is 0 Å². The van der Waals surface area contributed by atoms with Crippen molar-refractivity contribution >= 4 is 5.82 Å². The topological polar surface area (TPSA) is 48.4 Å². The van der Waals surface area contributed by atoms with Gasteiger partial charge in [-0.2, -0.15) is 0 Å². The molecule has 1 aromatic rings. The van der Waals surface area contributed by atoms with Crippen molar-refractivity contribution in [2.75, 3.05) is 18.0 Å². The van der Waals surface area contributed by atoms with Crippen LogP contribution in [-0.4, -0.2) is 35.3 Å². The zero-order valence-electron chi connectivity index (χ0n) is 9.48. The van der Waals surface area contributed by atoms with Gasteiger partial charge >= 0.3 is 0 Å². The molecule has 1 saturated heterocycles. The second-order valence-electron chi connectivity index (χ2n) is 4.72. The van der Waals surface area contributed by atoms with Crippen LogP contribution in [-0.2, 0) is 13.0 Å². The Hall–Kier alpha value is -1.13. The molecule has 1 fully saturated rings. The zero-order valence-corrected chi connectivity index (χ0v) is 9.48. The minimum absolute atomic E-state index is 0.0262. The molecule has 3 rings (SSSR count). The Morgan fingerprint density at radius 2 is 2.38 bits per heavy atom. The van der Waals surface area contributed by atoms with Gasteiger partial charge < -0.3 is 15.3 Å². The Kier molecular flexibility index (Phi) is 2.33. The van der Waals surface area contributed by atoms with Crippen LogP contribution in [0, 0.1) is 0 Å². The first-order chi connectivity index (χ1) is 7.79. The van der Waals surface area contributed by atoms with Gasteiger partial charge in [-0.1, -0.05) is 6.07 Å². The number of fused-ring (bicyclic) bond motifs is 3. The molecule has 2 aliphatic heterocycles. The lowest BCUT2D eigenvalue weighted by Gasteiger charge is -2.37. The molecule has 0 amide bonds.